The lowest BCUT2D eigenvalue weighted by atomic mass is 9.93. The summed E-state index contributed by atoms with van der Waals surface area (Å²) in [5.41, 5.74) is 2.10. The van der Waals surface area contributed by atoms with Gasteiger partial charge in [0.1, 0.15) is 17.1 Å². The number of ether oxygens (including phenoxy) is 1. The van der Waals surface area contributed by atoms with Gasteiger partial charge in [0.05, 0.1) is 29.7 Å². The summed E-state index contributed by atoms with van der Waals surface area (Å²) in [6.07, 6.45) is 5.00. The molecule has 0 amide bonds. The predicted molar refractivity (Wildman–Crippen MR) is 106 cm³/mol. The lowest BCUT2D eigenvalue weighted by Gasteiger charge is -2.15. The summed E-state index contributed by atoms with van der Waals surface area (Å²) in [6.45, 7) is 0. The minimum absolute atomic E-state index is 0.267. The highest BCUT2D eigenvalue weighted by atomic mass is 16.5. The van der Waals surface area contributed by atoms with Crippen LogP contribution in [0.1, 0.15) is 65.0 Å². The van der Waals surface area contributed by atoms with Crippen molar-refractivity contribution in [3.8, 4) is 17.1 Å². The third kappa shape index (κ3) is 2.76. The molecule has 0 aliphatic heterocycles. The Morgan fingerprint density at radius 3 is 2.69 bits per heavy atom. The number of benzene rings is 1. The number of aromatic nitrogens is 1. The quantitative estimate of drug-likeness (QED) is 0.620. The molecule has 0 saturated heterocycles. The molecule has 0 spiro atoms. The van der Waals surface area contributed by atoms with Gasteiger partial charge in [-0.25, -0.2) is 4.79 Å². The molecular weight excluding hydrogens is 374 g/mol. The second-order valence-electron chi connectivity index (χ2n) is 7.80. The number of pyridine rings is 1. The van der Waals surface area contributed by atoms with E-state index >= 15 is 0 Å². The number of H-pyrrole nitrogens is 1. The van der Waals surface area contributed by atoms with Gasteiger partial charge in [0.2, 0.25) is 5.43 Å². The smallest absolute Gasteiger partial charge is 0.341 e. The number of hydrogen-bond acceptors (Lipinski definition) is 5. The minimum atomic E-state index is -1.27. The Morgan fingerprint density at radius 1 is 1.24 bits per heavy atom. The first-order valence-electron chi connectivity index (χ1n) is 9.80. The van der Waals surface area contributed by atoms with Gasteiger partial charge in [-0.3, -0.25) is 4.79 Å². The van der Waals surface area contributed by atoms with Crippen LogP contribution in [0.4, 0.5) is 0 Å². The minimum Gasteiger partial charge on any atom is -0.494 e. The number of aromatic amines is 1. The first-order chi connectivity index (χ1) is 14.0. The molecule has 5 rings (SSSR count). The van der Waals surface area contributed by atoms with Gasteiger partial charge in [0.25, 0.3) is 0 Å². The SMILES string of the molecule is COc1c(-c2cc3c(o2)CCCC3O)c(C2CC2)cc2c(=O)c(C(=O)O)c[nH]c12. The number of aryl methyl sites for hydroxylation is 1. The van der Waals surface area contributed by atoms with Gasteiger partial charge in [-0.1, -0.05) is 0 Å². The number of methoxy groups -OCH3 is 1. The zero-order valence-corrected chi connectivity index (χ0v) is 15.9. The average molecular weight is 395 g/mol. The Hall–Kier alpha value is -3.06. The van der Waals surface area contributed by atoms with E-state index < -0.39 is 17.5 Å². The lowest BCUT2D eigenvalue weighted by Crippen LogP contribution is -2.16. The van der Waals surface area contributed by atoms with Gasteiger partial charge < -0.3 is 24.4 Å². The van der Waals surface area contributed by atoms with E-state index in [1.165, 1.54) is 13.3 Å². The Labute approximate surface area is 165 Å². The van der Waals surface area contributed by atoms with Crippen LogP contribution in [0.25, 0.3) is 22.2 Å². The van der Waals surface area contributed by atoms with Crippen molar-refractivity contribution < 1.29 is 24.2 Å². The molecule has 1 atom stereocenters. The van der Waals surface area contributed by atoms with Crippen molar-refractivity contribution in [2.75, 3.05) is 7.11 Å². The highest BCUT2D eigenvalue weighted by molar-refractivity contribution is 5.98. The number of aliphatic hydroxyl groups is 1. The summed E-state index contributed by atoms with van der Waals surface area (Å²) in [7, 11) is 1.52. The normalized spacial score (nSPS) is 18.6. The van der Waals surface area contributed by atoms with Crippen molar-refractivity contribution in [3.63, 3.8) is 0 Å². The molecule has 3 aromatic rings. The molecule has 0 bridgehead atoms. The summed E-state index contributed by atoms with van der Waals surface area (Å²) in [6, 6.07) is 3.65. The van der Waals surface area contributed by atoms with Crippen LogP contribution >= 0.6 is 0 Å². The average Bonchev–Trinajstić information content (AvgIpc) is 3.45. The molecule has 3 N–H and O–H groups in total. The molecule has 1 saturated carbocycles. The predicted octanol–water partition coefficient (Wildman–Crippen LogP) is 3.74. The van der Waals surface area contributed by atoms with E-state index in [4.69, 9.17) is 9.15 Å². The summed E-state index contributed by atoms with van der Waals surface area (Å²) in [4.78, 5) is 27.1. The fourth-order valence-electron chi connectivity index (χ4n) is 4.34. The van der Waals surface area contributed by atoms with Crippen molar-refractivity contribution in [2.24, 2.45) is 0 Å². The van der Waals surface area contributed by atoms with E-state index in [1.54, 1.807) is 6.07 Å². The maximum atomic E-state index is 12.8. The first kappa shape index (κ1) is 18.0. The maximum Gasteiger partial charge on any atom is 0.341 e. The molecule has 7 heteroatoms. The Balaban J connectivity index is 1.81. The zero-order valence-electron chi connectivity index (χ0n) is 15.9. The summed E-state index contributed by atoms with van der Waals surface area (Å²) < 4.78 is 11.8. The van der Waals surface area contributed by atoms with E-state index in [0.29, 0.717) is 28.8 Å². The van der Waals surface area contributed by atoms with E-state index in [1.807, 2.05) is 6.07 Å². The third-order valence-corrected chi connectivity index (χ3v) is 5.94. The highest BCUT2D eigenvalue weighted by Gasteiger charge is 2.33. The fourth-order valence-corrected chi connectivity index (χ4v) is 4.34. The molecule has 1 fully saturated rings. The Kier molecular flexibility index (Phi) is 4.03. The van der Waals surface area contributed by atoms with E-state index in [0.717, 1.165) is 48.1 Å². The number of carboxylic acids is 1. The van der Waals surface area contributed by atoms with Crippen LogP contribution in [0.5, 0.6) is 5.75 Å². The lowest BCUT2D eigenvalue weighted by molar-refractivity contribution is 0.0695. The molecule has 2 heterocycles. The summed E-state index contributed by atoms with van der Waals surface area (Å²) in [5.74, 6) is 0.858. The molecule has 7 nitrogen and oxygen atoms in total. The zero-order chi connectivity index (χ0) is 20.3. The van der Waals surface area contributed by atoms with Crippen LogP contribution < -0.4 is 10.2 Å². The fraction of sp³-hybridized carbons (Fsp3) is 0.364. The standard InChI is InChI=1S/C22H21NO6/c1-28-21-18(17-8-12-15(24)3-2-4-16(12)29-17)11(10-5-6-10)7-13-19(21)23-9-14(20(13)25)22(26)27/h7-10,15,24H,2-6H2,1H3,(H,23,25)(H,26,27). The number of aromatic carboxylic acids is 1. The van der Waals surface area contributed by atoms with E-state index in [9.17, 15) is 19.8 Å². The number of carbonyl (C=O) groups is 1. The summed E-state index contributed by atoms with van der Waals surface area (Å²) in [5, 5.41) is 19.9. The number of hydrogen-bond donors (Lipinski definition) is 3. The van der Waals surface area contributed by atoms with Crippen molar-refractivity contribution in [1.82, 2.24) is 4.98 Å². The van der Waals surface area contributed by atoms with Gasteiger partial charge in [-0.15, -0.1) is 0 Å². The Morgan fingerprint density at radius 2 is 2.03 bits per heavy atom. The van der Waals surface area contributed by atoms with Gasteiger partial charge >= 0.3 is 5.97 Å². The van der Waals surface area contributed by atoms with Crippen LogP contribution in [-0.2, 0) is 6.42 Å². The third-order valence-electron chi connectivity index (χ3n) is 5.94. The largest absolute Gasteiger partial charge is 0.494 e. The van der Waals surface area contributed by atoms with Gasteiger partial charge in [-0.2, -0.15) is 0 Å². The highest BCUT2D eigenvalue weighted by Crippen LogP contribution is 2.50. The molecule has 2 aromatic heterocycles. The van der Waals surface area contributed by atoms with Crippen LogP contribution in [0.15, 0.2) is 27.5 Å². The first-order valence-corrected chi connectivity index (χ1v) is 9.80. The molecule has 150 valence electrons. The van der Waals surface area contributed by atoms with Crippen molar-refractivity contribution in [1.29, 1.82) is 0 Å². The van der Waals surface area contributed by atoms with Crippen LogP contribution in [0.2, 0.25) is 0 Å². The van der Waals surface area contributed by atoms with Gasteiger partial charge in [0, 0.05) is 18.2 Å². The van der Waals surface area contributed by atoms with E-state index in [-0.39, 0.29) is 11.5 Å². The van der Waals surface area contributed by atoms with Crippen LogP contribution in [0.3, 0.4) is 0 Å². The molecule has 29 heavy (non-hydrogen) atoms. The number of carboxylic acid groups (broad SMARTS) is 1. The van der Waals surface area contributed by atoms with Gasteiger partial charge in [-0.05, 0) is 49.3 Å². The molecular formula is C22H21NO6. The van der Waals surface area contributed by atoms with Crippen LogP contribution in [0, 0.1) is 0 Å². The van der Waals surface area contributed by atoms with Crippen molar-refractivity contribution in [3.05, 3.63) is 51.0 Å². The number of furan rings is 1. The molecule has 0 radical (unpaired) electrons. The van der Waals surface area contributed by atoms with Crippen molar-refractivity contribution >= 4 is 16.9 Å². The topological polar surface area (TPSA) is 113 Å². The molecule has 1 unspecified atom stereocenters. The monoisotopic (exact) mass is 395 g/mol. The van der Waals surface area contributed by atoms with Gasteiger partial charge in [0.15, 0.2) is 5.75 Å². The Bertz CT molecular complexity index is 1200. The second kappa shape index (κ2) is 6.49. The van der Waals surface area contributed by atoms with Crippen molar-refractivity contribution in [2.45, 2.75) is 44.1 Å². The number of rotatable bonds is 4. The molecule has 1 aromatic carbocycles. The molecule has 2 aliphatic carbocycles. The maximum absolute atomic E-state index is 12.8. The summed E-state index contributed by atoms with van der Waals surface area (Å²) >= 11 is 0. The second-order valence-corrected chi connectivity index (χ2v) is 7.80. The number of fused-ring (bicyclic) bond motifs is 2. The van der Waals surface area contributed by atoms with Crippen LogP contribution in [-0.4, -0.2) is 28.3 Å². The van der Waals surface area contributed by atoms with E-state index in [2.05, 4.69) is 4.98 Å². The molecule has 2 aliphatic rings. The number of nitrogens with one attached hydrogen (secondary N) is 1. The number of aliphatic hydroxyl groups excluding tert-OH is 1.